The van der Waals surface area contributed by atoms with Crippen molar-refractivity contribution >= 4 is 28.7 Å². The first-order valence-corrected chi connectivity index (χ1v) is 9.65. The van der Waals surface area contributed by atoms with Gasteiger partial charge in [-0.25, -0.2) is 0 Å². The van der Waals surface area contributed by atoms with Gasteiger partial charge in [-0.05, 0) is 24.8 Å². The summed E-state index contributed by atoms with van der Waals surface area (Å²) in [7, 11) is 2.97. The highest BCUT2D eigenvalue weighted by molar-refractivity contribution is 7.10. The molecule has 0 radical (unpaired) electrons. The molecule has 1 N–H and O–H groups in total. The molecule has 1 aromatic carbocycles. The van der Waals surface area contributed by atoms with Crippen molar-refractivity contribution in [3.8, 4) is 0 Å². The fourth-order valence-corrected chi connectivity index (χ4v) is 3.95. The molecule has 2 atom stereocenters. The summed E-state index contributed by atoms with van der Waals surface area (Å²) in [4.78, 5) is 23.9. The van der Waals surface area contributed by atoms with Crippen LogP contribution in [0.2, 0.25) is 0 Å². The van der Waals surface area contributed by atoms with E-state index in [4.69, 9.17) is 9.68 Å². The molecule has 1 fully saturated rings. The van der Waals surface area contributed by atoms with E-state index in [1.807, 2.05) is 31.2 Å². The van der Waals surface area contributed by atoms with Gasteiger partial charge in [-0.1, -0.05) is 40.6 Å². The lowest BCUT2D eigenvalue weighted by Gasteiger charge is -2.10. The van der Waals surface area contributed by atoms with Gasteiger partial charge in [0.25, 0.3) is 5.91 Å². The first-order valence-electron chi connectivity index (χ1n) is 8.77. The Kier molecular flexibility index (Phi) is 6.24. The molecule has 1 amide bonds. The van der Waals surface area contributed by atoms with Crippen LogP contribution >= 0.6 is 11.3 Å². The van der Waals surface area contributed by atoms with Crippen molar-refractivity contribution in [1.82, 2.24) is 5.32 Å². The quantitative estimate of drug-likeness (QED) is 0.558. The predicted molar refractivity (Wildman–Crippen MR) is 107 cm³/mol. The lowest BCUT2D eigenvalue weighted by atomic mass is 10.0. The standard InChI is InChI=1S/C20H23N3O3S/c1-13(16-11-17(16)18-9-6-10-27-18)22-26-12-14-7-4-5-8-15(14)19(23-25-3)20(24)21-2/h4-10,16-17H,11-12H2,1-3H3,(H,21,24)/b22-13+,23-19+/t16-,17+/m0/s1. The van der Waals surface area contributed by atoms with Crippen LogP contribution in [0.4, 0.5) is 0 Å². The van der Waals surface area contributed by atoms with E-state index in [-0.39, 0.29) is 18.2 Å². The van der Waals surface area contributed by atoms with Gasteiger partial charge < -0.3 is 15.0 Å². The minimum absolute atomic E-state index is 0.208. The summed E-state index contributed by atoms with van der Waals surface area (Å²) in [5.74, 6) is 0.703. The van der Waals surface area contributed by atoms with Crippen molar-refractivity contribution in [2.45, 2.75) is 25.9 Å². The molecule has 0 aliphatic heterocycles. The number of hydrogen-bond acceptors (Lipinski definition) is 6. The molecule has 0 bridgehead atoms. The van der Waals surface area contributed by atoms with E-state index in [1.54, 1.807) is 18.4 Å². The van der Waals surface area contributed by atoms with Crippen LogP contribution in [0.3, 0.4) is 0 Å². The average molecular weight is 385 g/mol. The third-order valence-electron chi connectivity index (χ3n) is 4.56. The van der Waals surface area contributed by atoms with E-state index in [0.29, 0.717) is 17.4 Å². The summed E-state index contributed by atoms with van der Waals surface area (Å²) < 4.78 is 0. The highest BCUT2D eigenvalue weighted by Crippen LogP contribution is 2.49. The zero-order chi connectivity index (χ0) is 19.2. The molecule has 1 aliphatic rings. The Hall–Kier alpha value is -2.67. The fraction of sp³-hybridized carbons (Fsp3) is 0.350. The molecule has 1 saturated carbocycles. The lowest BCUT2D eigenvalue weighted by molar-refractivity contribution is -0.114. The van der Waals surface area contributed by atoms with Crippen LogP contribution in [0, 0.1) is 5.92 Å². The Labute approximate surface area is 162 Å². The van der Waals surface area contributed by atoms with Gasteiger partial charge >= 0.3 is 0 Å². The van der Waals surface area contributed by atoms with Crippen molar-refractivity contribution in [3.05, 3.63) is 57.8 Å². The van der Waals surface area contributed by atoms with Gasteiger partial charge in [-0.2, -0.15) is 0 Å². The molecular formula is C20H23N3O3S. The molecule has 27 heavy (non-hydrogen) atoms. The normalized spacial score (nSPS) is 19.5. The van der Waals surface area contributed by atoms with E-state index >= 15 is 0 Å². The summed E-state index contributed by atoms with van der Waals surface area (Å²) in [5, 5.41) is 12.8. The summed E-state index contributed by atoms with van der Waals surface area (Å²) in [6, 6.07) is 11.7. The maximum atomic E-state index is 12.1. The number of nitrogens with one attached hydrogen (secondary N) is 1. The summed E-state index contributed by atoms with van der Waals surface area (Å²) in [6.45, 7) is 2.26. The number of nitrogens with zero attached hydrogens (tertiary/aromatic N) is 2. The van der Waals surface area contributed by atoms with Gasteiger partial charge in [0.2, 0.25) is 0 Å². The van der Waals surface area contributed by atoms with Crippen molar-refractivity contribution in [2.75, 3.05) is 14.2 Å². The van der Waals surface area contributed by atoms with Crippen LogP contribution < -0.4 is 5.32 Å². The number of thiophene rings is 1. The monoisotopic (exact) mass is 385 g/mol. The van der Waals surface area contributed by atoms with Crippen molar-refractivity contribution < 1.29 is 14.5 Å². The molecular weight excluding hydrogens is 362 g/mol. The average Bonchev–Trinajstić information content (AvgIpc) is 3.31. The summed E-state index contributed by atoms with van der Waals surface area (Å²) in [5.41, 5.74) is 2.69. The lowest BCUT2D eigenvalue weighted by Crippen LogP contribution is -2.29. The number of benzene rings is 1. The molecule has 2 aromatic rings. The molecule has 142 valence electrons. The first kappa shape index (κ1) is 19.1. The number of hydrogen-bond donors (Lipinski definition) is 1. The second kappa shape index (κ2) is 8.81. The number of amides is 1. The van der Waals surface area contributed by atoms with E-state index in [1.165, 1.54) is 12.0 Å². The number of oxime groups is 2. The Morgan fingerprint density at radius 1 is 1.26 bits per heavy atom. The molecule has 1 aromatic heterocycles. The maximum Gasteiger partial charge on any atom is 0.273 e. The Bertz CT molecular complexity index is 846. The summed E-state index contributed by atoms with van der Waals surface area (Å²) >= 11 is 1.79. The van der Waals surface area contributed by atoms with Gasteiger partial charge in [-0.3, -0.25) is 4.79 Å². The molecule has 1 aliphatic carbocycles. The Balaban J connectivity index is 1.66. The highest BCUT2D eigenvalue weighted by Gasteiger charge is 2.41. The smallest absolute Gasteiger partial charge is 0.273 e. The van der Waals surface area contributed by atoms with Crippen molar-refractivity contribution in [3.63, 3.8) is 0 Å². The topological polar surface area (TPSA) is 72.3 Å². The predicted octanol–water partition coefficient (Wildman–Crippen LogP) is 3.54. The minimum Gasteiger partial charge on any atom is -0.398 e. The van der Waals surface area contributed by atoms with Gasteiger partial charge in [0.15, 0.2) is 5.71 Å². The van der Waals surface area contributed by atoms with Gasteiger partial charge in [-0.15, -0.1) is 11.3 Å². The van der Waals surface area contributed by atoms with Crippen molar-refractivity contribution in [2.24, 2.45) is 16.2 Å². The number of carbonyl (C=O) groups is 1. The first-order chi connectivity index (χ1) is 13.2. The van der Waals surface area contributed by atoms with Crippen LogP contribution in [-0.4, -0.2) is 31.5 Å². The Morgan fingerprint density at radius 3 is 2.78 bits per heavy atom. The minimum atomic E-state index is -0.319. The molecule has 1 heterocycles. The fourth-order valence-electron chi connectivity index (χ4n) is 3.04. The third-order valence-corrected chi connectivity index (χ3v) is 5.57. The van der Waals surface area contributed by atoms with Crippen LogP contribution in [0.1, 0.15) is 35.3 Å². The SMILES string of the molecule is CNC(=O)/C(=N/OC)c1ccccc1CO/N=C(\C)[C@@H]1C[C@H]1c1cccs1. The van der Waals surface area contributed by atoms with E-state index in [2.05, 4.69) is 33.1 Å². The maximum absolute atomic E-state index is 12.1. The second-order valence-electron chi connectivity index (χ2n) is 6.33. The molecule has 3 rings (SSSR count). The van der Waals surface area contributed by atoms with Crippen LogP contribution in [0.5, 0.6) is 0 Å². The zero-order valence-electron chi connectivity index (χ0n) is 15.6. The van der Waals surface area contributed by atoms with Gasteiger partial charge in [0.05, 0.1) is 5.71 Å². The van der Waals surface area contributed by atoms with Crippen molar-refractivity contribution in [1.29, 1.82) is 0 Å². The molecule has 7 heteroatoms. The van der Waals surface area contributed by atoms with Gasteiger partial charge in [0.1, 0.15) is 13.7 Å². The van der Waals surface area contributed by atoms with Crippen LogP contribution in [-0.2, 0) is 21.1 Å². The highest BCUT2D eigenvalue weighted by atomic mass is 32.1. The van der Waals surface area contributed by atoms with Crippen LogP contribution in [0.25, 0.3) is 0 Å². The largest absolute Gasteiger partial charge is 0.398 e. The summed E-state index contributed by atoms with van der Waals surface area (Å²) in [6.07, 6.45) is 1.12. The molecule has 0 spiro atoms. The van der Waals surface area contributed by atoms with E-state index in [9.17, 15) is 4.79 Å². The molecule has 0 unspecified atom stereocenters. The number of carbonyl (C=O) groups excluding carboxylic acids is 1. The zero-order valence-corrected chi connectivity index (χ0v) is 16.5. The van der Waals surface area contributed by atoms with Gasteiger partial charge in [0, 0.05) is 34.9 Å². The Morgan fingerprint density at radius 2 is 2.07 bits per heavy atom. The number of rotatable bonds is 8. The second-order valence-corrected chi connectivity index (χ2v) is 7.31. The molecule has 0 saturated heterocycles. The van der Waals surface area contributed by atoms with E-state index < -0.39 is 0 Å². The van der Waals surface area contributed by atoms with E-state index in [0.717, 1.165) is 17.7 Å². The number of likely N-dealkylation sites (N-methyl/N-ethyl adjacent to an activating group) is 1. The van der Waals surface area contributed by atoms with Crippen LogP contribution in [0.15, 0.2) is 52.1 Å². The third kappa shape index (κ3) is 4.54. The molecule has 6 nitrogen and oxygen atoms in total.